The van der Waals surface area contributed by atoms with Gasteiger partial charge in [-0.2, -0.15) is 0 Å². The third kappa shape index (κ3) is 11.2. The zero-order valence-electron chi connectivity index (χ0n) is 19.0. The third-order valence-electron chi connectivity index (χ3n) is 3.59. The highest BCUT2D eigenvalue weighted by Crippen LogP contribution is 2.21. The first-order valence-electron chi connectivity index (χ1n) is 9.40. The highest BCUT2D eigenvalue weighted by molar-refractivity contribution is 5.74. The van der Waals surface area contributed by atoms with Gasteiger partial charge in [0.2, 0.25) is 12.2 Å². The molecule has 0 radical (unpaired) electrons. The Labute approximate surface area is 185 Å². The molecule has 0 rings (SSSR count). The monoisotopic (exact) mass is 463 g/mol. The van der Waals surface area contributed by atoms with E-state index < -0.39 is 73.0 Å². The summed E-state index contributed by atoms with van der Waals surface area (Å²) in [4.78, 5) is 70.0. The fraction of sp³-hybridized carbons (Fsp3) is 0.684. The van der Waals surface area contributed by atoms with Crippen LogP contribution in [0.1, 0.15) is 41.5 Å². The lowest BCUT2D eigenvalue weighted by atomic mass is 9.99. The minimum absolute atomic E-state index is 0.581. The maximum atomic E-state index is 11.9. The minimum atomic E-state index is -1.61. The van der Waals surface area contributed by atoms with Gasteiger partial charge in [-0.1, -0.05) is 0 Å². The van der Waals surface area contributed by atoms with Gasteiger partial charge in [0.1, 0.15) is 12.6 Å². The standard InChI is InChI=1S/C19H29NO12/c1-9(21)20-16(19(27-7)32-14(6)26)18(31-13(5)25)17(30-12(4)24)15(29-11(3)23)8-28-10(2)22/h15-19H,8H2,1-7H3,(H,20,21)/t15-,16-,17-,18-,19+/m1/s1. The van der Waals surface area contributed by atoms with Gasteiger partial charge in [-0.25, -0.2) is 0 Å². The summed E-state index contributed by atoms with van der Waals surface area (Å²) in [5, 5.41) is 2.41. The van der Waals surface area contributed by atoms with Crippen molar-refractivity contribution in [2.75, 3.05) is 13.7 Å². The molecule has 13 heteroatoms. The molecular weight excluding hydrogens is 434 g/mol. The smallest absolute Gasteiger partial charge is 0.305 e. The summed E-state index contributed by atoms with van der Waals surface area (Å²) in [7, 11) is 1.15. The lowest BCUT2D eigenvalue weighted by Crippen LogP contribution is -2.61. The van der Waals surface area contributed by atoms with Crippen LogP contribution in [0.3, 0.4) is 0 Å². The van der Waals surface area contributed by atoms with E-state index in [2.05, 4.69) is 5.32 Å². The molecule has 1 amide bonds. The first kappa shape index (κ1) is 28.8. The molecule has 0 heterocycles. The molecular formula is C19H29NO12. The minimum Gasteiger partial charge on any atom is -0.462 e. The van der Waals surface area contributed by atoms with E-state index >= 15 is 0 Å². The Morgan fingerprint density at radius 1 is 0.656 bits per heavy atom. The van der Waals surface area contributed by atoms with Gasteiger partial charge in [-0.15, -0.1) is 0 Å². The molecule has 0 aromatic rings. The first-order chi connectivity index (χ1) is 14.8. The molecule has 0 saturated heterocycles. The number of carbonyl (C=O) groups excluding carboxylic acids is 6. The molecule has 0 aliphatic heterocycles. The van der Waals surface area contributed by atoms with Crippen molar-refractivity contribution in [1.82, 2.24) is 5.32 Å². The van der Waals surface area contributed by atoms with Crippen molar-refractivity contribution in [2.24, 2.45) is 0 Å². The van der Waals surface area contributed by atoms with Gasteiger partial charge in [-0.05, 0) is 0 Å². The second-order valence-electron chi connectivity index (χ2n) is 6.54. The van der Waals surface area contributed by atoms with Crippen LogP contribution in [0.25, 0.3) is 0 Å². The lowest BCUT2D eigenvalue weighted by molar-refractivity contribution is -0.211. The Balaban J connectivity index is 6.54. The first-order valence-corrected chi connectivity index (χ1v) is 9.40. The topological polar surface area (TPSA) is 170 Å². The molecule has 0 aliphatic carbocycles. The normalized spacial score (nSPS) is 15.1. The average Bonchev–Trinajstić information content (AvgIpc) is 2.63. The Morgan fingerprint density at radius 3 is 1.50 bits per heavy atom. The summed E-state index contributed by atoms with van der Waals surface area (Å²) >= 11 is 0. The van der Waals surface area contributed by atoms with Crippen LogP contribution in [-0.2, 0) is 57.2 Å². The maximum absolute atomic E-state index is 11.9. The summed E-state index contributed by atoms with van der Waals surface area (Å²) in [6.07, 6.45) is -6.18. The Kier molecular flexibility index (Phi) is 12.6. The number of hydrogen-bond donors (Lipinski definition) is 1. The fourth-order valence-electron chi connectivity index (χ4n) is 2.66. The molecule has 182 valence electrons. The van der Waals surface area contributed by atoms with Crippen molar-refractivity contribution >= 4 is 35.8 Å². The van der Waals surface area contributed by atoms with Crippen LogP contribution in [0.5, 0.6) is 0 Å². The van der Waals surface area contributed by atoms with Gasteiger partial charge in [0.05, 0.1) is 0 Å². The van der Waals surface area contributed by atoms with Crippen molar-refractivity contribution in [3.8, 4) is 0 Å². The maximum Gasteiger partial charge on any atom is 0.305 e. The quantitative estimate of drug-likeness (QED) is 0.221. The van der Waals surface area contributed by atoms with Crippen LogP contribution in [0, 0.1) is 0 Å². The highest BCUT2D eigenvalue weighted by atomic mass is 16.7. The Morgan fingerprint density at radius 2 is 1.12 bits per heavy atom. The van der Waals surface area contributed by atoms with Crippen molar-refractivity contribution in [1.29, 1.82) is 0 Å². The van der Waals surface area contributed by atoms with Crippen molar-refractivity contribution in [2.45, 2.75) is 72.2 Å². The molecule has 1 N–H and O–H groups in total. The molecule has 32 heavy (non-hydrogen) atoms. The third-order valence-corrected chi connectivity index (χ3v) is 3.59. The largest absolute Gasteiger partial charge is 0.462 e. The predicted molar refractivity (Wildman–Crippen MR) is 103 cm³/mol. The summed E-state index contributed by atoms with van der Waals surface area (Å²) < 4.78 is 30.7. The number of hydrogen-bond acceptors (Lipinski definition) is 12. The van der Waals surface area contributed by atoms with Gasteiger partial charge < -0.3 is 33.7 Å². The number of esters is 5. The lowest BCUT2D eigenvalue weighted by Gasteiger charge is -2.38. The molecule has 0 aliphatic rings. The van der Waals surface area contributed by atoms with Gasteiger partial charge in [-0.3, -0.25) is 28.8 Å². The van der Waals surface area contributed by atoms with Gasteiger partial charge in [0.15, 0.2) is 18.3 Å². The van der Waals surface area contributed by atoms with Crippen LogP contribution >= 0.6 is 0 Å². The molecule has 0 aromatic heterocycles. The van der Waals surface area contributed by atoms with Gasteiger partial charge in [0, 0.05) is 48.7 Å². The number of nitrogens with one attached hydrogen (secondary N) is 1. The van der Waals surface area contributed by atoms with E-state index in [0.717, 1.165) is 48.7 Å². The molecule has 0 unspecified atom stereocenters. The van der Waals surface area contributed by atoms with Gasteiger partial charge >= 0.3 is 29.8 Å². The second kappa shape index (κ2) is 14.0. The SMILES string of the molecule is CO[C@@H](OC(C)=O)[C@H](NC(C)=O)[C@@H](OC(C)=O)[C@H](OC(C)=O)[C@@H](COC(C)=O)OC(C)=O. The van der Waals surface area contributed by atoms with E-state index in [-0.39, 0.29) is 0 Å². The van der Waals surface area contributed by atoms with E-state index in [1.165, 1.54) is 0 Å². The number of rotatable bonds is 12. The predicted octanol–water partition coefficient (Wildman–Crippen LogP) is -0.615. The van der Waals surface area contributed by atoms with Crippen LogP contribution in [-0.4, -0.2) is 80.1 Å². The molecule has 5 atom stereocenters. The fourth-order valence-corrected chi connectivity index (χ4v) is 2.66. The van der Waals surface area contributed by atoms with Gasteiger partial charge in [0.25, 0.3) is 0 Å². The van der Waals surface area contributed by atoms with Crippen LogP contribution in [0.4, 0.5) is 0 Å². The van der Waals surface area contributed by atoms with Crippen molar-refractivity contribution in [3.63, 3.8) is 0 Å². The molecule has 0 aromatic carbocycles. The number of ether oxygens (including phenoxy) is 6. The average molecular weight is 463 g/mol. The number of methoxy groups -OCH3 is 1. The van der Waals surface area contributed by atoms with Crippen LogP contribution in [0.15, 0.2) is 0 Å². The zero-order valence-corrected chi connectivity index (χ0v) is 19.0. The molecule has 0 fully saturated rings. The van der Waals surface area contributed by atoms with E-state index in [1.807, 2.05) is 0 Å². The van der Waals surface area contributed by atoms with Crippen molar-refractivity contribution < 1.29 is 57.2 Å². The zero-order chi connectivity index (χ0) is 25.0. The summed E-state index contributed by atoms with van der Waals surface area (Å²) in [6.45, 7) is 5.82. The second-order valence-corrected chi connectivity index (χ2v) is 6.54. The number of amides is 1. The Bertz CT molecular complexity index is 706. The molecule has 0 saturated carbocycles. The van der Waals surface area contributed by atoms with E-state index in [9.17, 15) is 28.8 Å². The van der Waals surface area contributed by atoms with E-state index in [4.69, 9.17) is 28.4 Å². The van der Waals surface area contributed by atoms with Crippen LogP contribution in [0.2, 0.25) is 0 Å². The van der Waals surface area contributed by atoms with Crippen molar-refractivity contribution in [3.05, 3.63) is 0 Å². The Hall–Kier alpha value is -3.22. The summed E-state index contributed by atoms with van der Waals surface area (Å²) in [5.41, 5.74) is 0. The molecule has 0 bridgehead atoms. The molecule has 13 nitrogen and oxygen atoms in total. The summed E-state index contributed by atoms with van der Waals surface area (Å²) in [5.74, 6) is -4.77. The van der Waals surface area contributed by atoms with E-state index in [1.54, 1.807) is 0 Å². The van der Waals surface area contributed by atoms with Crippen LogP contribution < -0.4 is 5.32 Å². The molecule has 0 spiro atoms. The number of carbonyl (C=O) groups is 6. The van der Waals surface area contributed by atoms with E-state index in [0.29, 0.717) is 0 Å². The summed E-state index contributed by atoms with van der Waals surface area (Å²) in [6, 6.07) is -1.43. The highest BCUT2D eigenvalue weighted by Gasteiger charge is 2.46.